The summed E-state index contributed by atoms with van der Waals surface area (Å²) < 4.78 is 0. The molecule has 0 radical (unpaired) electrons. The molecular weight excluding hydrogens is 176 g/mol. The maximum Gasteiger partial charge on any atom is 0.000655 e. The van der Waals surface area contributed by atoms with Crippen LogP contribution in [0.4, 0.5) is 0 Å². The summed E-state index contributed by atoms with van der Waals surface area (Å²) in [5.41, 5.74) is 1.43. The lowest BCUT2D eigenvalue weighted by atomic mass is 10.1. The number of rotatable bonds is 7. The Morgan fingerprint density at radius 1 is 1.15 bits per heavy atom. The quantitative estimate of drug-likeness (QED) is 0.354. The van der Waals surface area contributed by atoms with Gasteiger partial charge in [-0.3, -0.25) is 0 Å². The van der Waals surface area contributed by atoms with E-state index in [0.29, 0.717) is 0 Å². The summed E-state index contributed by atoms with van der Waals surface area (Å²) in [5, 5.41) is 5.51. The molecule has 0 saturated heterocycles. The van der Waals surface area contributed by atoms with Gasteiger partial charge in [-0.05, 0) is 24.3 Å². The van der Waals surface area contributed by atoms with E-state index in [2.05, 4.69) is 23.4 Å². The number of hydrogen-bond acceptors (Lipinski definition) is 0. The molecule has 74 valence electrons. The van der Waals surface area contributed by atoms with Gasteiger partial charge in [-0.1, -0.05) is 44.1 Å². The lowest BCUT2D eigenvalue weighted by Crippen LogP contribution is -1.81. The number of hydrogen-bond donors (Lipinski definition) is 1. The molecule has 0 aromatic heterocycles. The second-order valence-corrected chi connectivity index (χ2v) is 4.38. The molecule has 0 nitrogen and oxygen atoms in total. The third kappa shape index (κ3) is 5.13. The van der Waals surface area contributed by atoms with Crippen molar-refractivity contribution in [3.63, 3.8) is 0 Å². The molecular formula is C12H20S. The van der Waals surface area contributed by atoms with Crippen molar-refractivity contribution in [2.75, 3.05) is 0 Å². The van der Waals surface area contributed by atoms with Crippen molar-refractivity contribution in [3.8, 4) is 0 Å². The summed E-state index contributed by atoms with van der Waals surface area (Å²) in [7, 11) is 0. The van der Waals surface area contributed by atoms with Gasteiger partial charge in [0.15, 0.2) is 0 Å². The summed E-state index contributed by atoms with van der Waals surface area (Å²) in [4.78, 5) is 0. The van der Waals surface area contributed by atoms with Crippen molar-refractivity contribution in [3.05, 3.63) is 17.1 Å². The molecule has 1 rings (SSSR count). The molecule has 0 N–H and O–H groups in total. The SMILES string of the molecule is CCCCCCCCC1=C=[SH]C=C1. The Kier molecular flexibility index (Phi) is 5.97. The highest BCUT2D eigenvalue weighted by atomic mass is 32.1. The van der Waals surface area contributed by atoms with Crippen LogP contribution in [0.1, 0.15) is 51.9 Å². The Hall–Kier alpha value is -0.260. The zero-order valence-corrected chi connectivity index (χ0v) is 9.45. The summed E-state index contributed by atoms with van der Waals surface area (Å²) >= 11 is 1.26. The van der Waals surface area contributed by atoms with E-state index in [0.717, 1.165) is 0 Å². The first-order valence-electron chi connectivity index (χ1n) is 5.41. The van der Waals surface area contributed by atoms with Crippen LogP contribution in [0.15, 0.2) is 17.1 Å². The predicted octanol–water partition coefficient (Wildman–Crippen LogP) is 4.06. The summed E-state index contributed by atoms with van der Waals surface area (Å²) in [6.45, 7) is 2.27. The number of thiol groups is 1. The van der Waals surface area contributed by atoms with Gasteiger partial charge in [0.1, 0.15) is 0 Å². The van der Waals surface area contributed by atoms with Crippen LogP contribution in [0, 0.1) is 0 Å². The van der Waals surface area contributed by atoms with Crippen molar-refractivity contribution in [2.24, 2.45) is 0 Å². The monoisotopic (exact) mass is 196 g/mol. The molecule has 1 aliphatic heterocycles. The highest BCUT2D eigenvalue weighted by molar-refractivity contribution is 8.00. The Labute approximate surface area is 85.7 Å². The van der Waals surface area contributed by atoms with Crippen molar-refractivity contribution < 1.29 is 0 Å². The van der Waals surface area contributed by atoms with Crippen LogP contribution in [0.2, 0.25) is 0 Å². The molecule has 0 unspecified atom stereocenters. The first-order chi connectivity index (χ1) is 6.43. The van der Waals surface area contributed by atoms with E-state index in [-0.39, 0.29) is 0 Å². The minimum absolute atomic E-state index is 1.25. The normalized spacial score (nSPS) is 14.4. The number of allylic oxidation sites excluding steroid dienone is 2. The van der Waals surface area contributed by atoms with Crippen LogP contribution in [0.5, 0.6) is 0 Å². The maximum atomic E-state index is 3.34. The largest absolute Gasteiger partial charge is 0.133 e. The molecule has 0 spiro atoms. The minimum atomic E-state index is 1.25. The van der Waals surface area contributed by atoms with Gasteiger partial charge in [0.05, 0.1) is 0 Å². The molecule has 1 heteroatoms. The predicted molar refractivity (Wildman–Crippen MR) is 64.6 cm³/mol. The molecule has 0 amide bonds. The third-order valence-electron chi connectivity index (χ3n) is 2.36. The zero-order valence-electron chi connectivity index (χ0n) is 8.55. The van der Waals surface area contributed by atoms with Crippen LogP contribution in [-0.2, 0) is 0 Å². The van der Waals surface area contributed by atoms with Crippen molar-refractivity contribution >= 4 is 16.4 Å². The lowest BCUT2D eigenvalue weighted by Gasteiger charge is -1.99. The van der Waals surface area contributed by atoms with Gasteiger partial charge in [-0.25, -0.2) is 0 Å². The summed E-state index contributed by atoms with van der Waals surface area (Å²) in [6, 6.07) is 0. The van der Waals surface area contributed by atoms with Gasteiger partial charge in [0, 0.05) is 5.57 Å². The fourth-order valence-electron chi connectivity index (χ4n) is 1.52. The third-order valence-corrected chi connectivity index (χ3v) is 3.07. The van der Waals surface area contributed by atoms with Crippen molar-refractivity contribution in [2.45, 2.75) is 51.9 Å². The average Bonchev–Trinajstić information content (AvgIpc) is 2.63. The smallest absolute Gasteiger partial charge is 0.000655 e. The second kappa shape index (κ2) is 7.17. The first-order valence-corrected chi connectivity index (χ1v) is 6.38. The van der Waals surface area contributed by atoms with Crippen LogP contribution in [-0.4, -0.2) is 5.02 Å². The fourth-order valence-corrected chi connectivity index (χ4v) is 2.20. The Morgan fingerprint density at radius 3 is 2.62 bits per heavy atom. The van der Waals surface area contributed by atoms with Crippen molar-refractivity contribution in [1.29, 1.82) is 0 Å². The van der Waals surface area contributed by atoms with Crippen molar-refractivity contribution in [1.82, 2.24) is 0 Å². The van der Waals surface area contributed by atoms with Gasteiger partial charge in [-0.15, -0.1) is 11.4 Å². The average molecular weight is 196 g/mol. The Morgan fingerprint density at radius 2 is 1.92 bits per heavy atom. The molecule has 0 aromatic carbocycles. The van der Waals surface area contributed by atoms with E-state index < -0.39 is 0 Å². The van der Waals surface area contributed by atoms with E-state index in [4.69, 9.17) is 0 Å². The highest BCUT2D eigenvalue weighted by Crippen LogP contribution is 2.14. The molecule has 13 heavy (non-hydrogen) atoms. The second-order valence-electron chi connectivity index (χ2n) is 3.60. The number of unbranched alkanes of at least 4 members (excludes halogenated alkanes) is 5. The van der Waals surface area contributed by atoms with E-state index in [1.807, 2.05) is 0 Å². The molecule has 0 atom stereocenters. The van der Waals surface area contributed by atoms with Gasteiger partial charge >= 0.3 is 0 Å². The molecule has 0 aliphatic carbocycles. The van der Waals surface area contributed by atoms with E-state index >= 15 is 0 Å². The summed E-state index contributed by atoms with van der Waals surface area (Å²) in [5.74, 6) is 0. The van der Waals surface area contributed by atoms with Crippen LogP contribution in [0.3, 0.4) is 0 Å². The molecule has 0 aromatic rings. The van der Waals surface area contributed by atoms with Crippen LogP contribution < -0.4 is 0 Å². The lowest BCUT2D eigenvalue weighted by molar-refractivity contribution is 0.609. The van der Waals surface area contributed by atoms with Crippen LogP contribution >= 0.6 is 11.4 Å². The first kappa shape index (κ1) is 10.8. The Balaban J connectivity index is 1.90. The van der Waals surface area contributed by atoms with Gasteiger partial charge < -0.3 is 0 Å². The van der Waals surface area contributed by atoms with Gasteiger partial charge in [-0.2, -0.15) is 0 Å². The van der Waals surface area contributed by atoms with E-state index in [1.54, 1.807) is 0 Å². The fraction of sp³-hybridized carbons (Fsp3) is 0.667. The highest BCUT2D eigenvalue weighted by Gasteiger charge is 1.95. The standard InChI is InChI=1S/C12H20S/c1-2-3-4-5-6-7-8-12-9-10-13-11-12/h9-10,13H,2-8H2,1H3. The van der Waals surface area contributed by atoms with Gasteiger partial charge in [0.2, 0.25) is 0 Å². The minimum Gasteiger partial charge on any atom is -0.133 e. The molecule has 0 bridgehead atoms. The molecule has 1 aliphatic rings. The summed E-state index contributed by atoms with van der Waals surface area (Å²) in [6.07, 6.45) is 11.8. The molecule has 0 fully saturated rings. The van der Waals surface area contributed by atoms with Gasteiger partial charge in [0.25, 0.3) is 0 Å². The maximum absolute atomic E-state index is 3.34. The zero-order chi connectivity index (χ0) is 9.36. The van der Waals surface area contributed by atoms with Crippen LogP contribution in [0.25, 0.3) is 0 Å². The van der Waals surface area contributed by atoms with E-state index in [9.17, 15) is 0 Å². The Bertz CT molecular complexity index is 219. The molecule has 1 heterocycles. The van der Waals surface area contributed by atoms with E-state index in [1.165, 1.54) is 61.9 Å². The topological polar surface area (TPSA) is 0 Å². The molecule has 0 saturated carbocycles.